The highest BCUT2D eigenvalue weighted by molar-refractivity contribution is 6.04. The maximum atomic E-state index is 12.9. The smallest absolute Gasteiger partial charge is 0.288 e. The topological polar surface area (TPSA) is 114 Å². The zero-order valence-electron chi connectivity index (χ0n) is 14.9. The number of nitro groups is 1. The van der Waals surface area contributed by atoms with Gasteiger partial charge in [0.25, 0.3) is 11.6 Å². The molecule has 1 atom stereocenters. The Morgan fingerprint density at radius 2 is 1.71 bits per heavy atom. The monoisotopic (exact) mass is 379 g/mol. The minimum Gasteiger partial charge on any atom is -0.459 e. The lowest BCUT2D eigenvalue weighted by Crippen LogP contribution is -2.46. The summed E-state index contributed by atoms with van der Waals surface area (Å²) in [6.07, 6.45) is 0.261. The molecule has 8 nitrogen and oxygen atoms in total. The highest BCUT2D eigenvalue weighted by atomic mass is 16.6. The number of nitro benzene ring substituents is 1. The van der Waals surface area contributed by atoms with Crippen molar-refractivity contribution in [3.8, 4) is 0 Å². The molecule has 0 aliphatic rings. The Kier molecular flexibility index (Phi) is 5.50. The van der Waals surface area contributed by atoms with Gasteiger partial charge in [0, 0.05) is 23.4 Å². The third-order valence-corrected chi connectivity index (χ3v) is 4.01. The zero-order valence-corrected chi connectivity index (χ0v) is 14.9. The Labute approximate surface area is 160 Å². The van der Waals surface area contributed by atoms with Crippen LogP contribution in [0.2, 0.25) is 0 Å². The SMILES string of the molecule is Cc1ccc(C(=O)[C@H](NC(=O)c2ccco2)Nc2ccc([N+](=O)[O-])cc2)cc1. The van der Waals surface area contributed by atoms with Crippen LogP contribution in [0.25, 0.3) is 0 Å². The normalized spacial score (nSPS) is 11.5. The molecule has 3 aromatic rings. The summed E-state index contributed by atoms with van der Waals surface area (Å²) in [7, 11) is 0. The number of non-ortho nitro benzene ring substituents is 1. The number of rotatable bonds is 7. The van der Waals surface area contributed by atoms with Crippen molar-refractivity contribution in [3.63, 3.8) is 0 Å². The van der Waals surface area contributed by atoms with E-state index in [2.05, 4.69) is 10.6 Å². The van der Waals surface area contributed by atoms with Gasteiger partial charge < -0.3 is 15.1 Å². The third-order valence-electron chi connectivity index (χ3n) is 4.01. The van der Waals surface area contributed by atoms with Gasteiger partial charge in [-0.25, -0.2) is 0 Å². The van der Waals surface area contributed by atoms with Gasteiger partial charge in [-0.15, -0.1) is 0 Å². The van der Waals surface area contributed by atoms with E-state index in [1.165, 1.54) is 36.6 Å². The van der Waals surface area contributed by atoms with Crippen molar-refractivity contribution in [1.82, 2.24) is 5.32 Å². The van der Waals surface area contributed by atoms with Crippen molar-refractivity contribution in [2.45, 2.75) is 13.1 Å². The van der Waals surface area contributed by atoms with E-state index in [0.29, 0.717) is 11.3 Å². The van der Waals surface area contributed by atoms with E-state index in [1.54, 1.807) is 30.3 Å². The molecule has 0 radical (unpaired) electrons. The number of carbonyl (C=O) groups excluding carboxylic acids is 2. The molecular weight excluding hydrogens is 362 g/mol. The summed E-state index contributed by atoms with van der Waals surface area (Å²) >= 11 is 0. The molecule has 3 rings (SSSR count). The van der Waals surface area contributed by atoms with E-state index in [-0.39, 0.29) is 17.2 Å². The number of furan rings is 1. The number of anilines is 1. The summed E-state index contributed by atoms with van der Waals surface area (Å²) in [6.45, 7) is 1.90. The summed E-state index contributed by atoms with van der Waals surface area (Å²) in [5.41, 5.74) is 1.77. The number of nitrogens with one attached hydrogen (secondary N) is 2. The van der Waals surface area contributed by atoms with Crippen LogP contribution in [-0.2, 0) is 0 Å². The van der Waals surface area contributed by atoms with E-state index in [1.807, 2.05) is 6.92 Å². The molecule has 0 fully saturated rings. The first-order valence-corrected chi connectivity index (χ1v) is 8.40. The Morgan fingerprint density at radius 3 is 2.29 bits per heavy atom. The van der Waals surface area contributed by atoms with Crippen LogP contribution < -0.4 is 10.6 Å². The molecule has 1 heterocycles. The number of hydrogen-bond donors (Lipinski definition) is 2. The van der Waals surface area contributed by atoms with Crippen LogP contribution in [0.5, 0.6) is 0 Å². The van der Waals surface area contributed by atoms with Gasteiger partial charge in [-0.05, 0) is 31.2 Å². The van der Waals surface area contributed by atoms with Gasteiger partial charge >= 0.3 is 0 Å². The van der Waals surface area contributed by atoms with Crippen LogP contribution in [0, 0.1) is 17.0 Å². The van der Waals surface area contributed by atoms with Crippen molar-refractivity contribution >= 4 is 23.1 Å². The number of benzene rings is 2. The molecule has 28 heavy (non-hydrogen) atoms. The van der Waals surface area contributed by atoms with Crippen LogP contribution in [-0.4, -0.2) is 22.8 Å². The summed E-state index contributed by atoms with van der Waals surface area (Å²) in [5.74, 6) is -0.865. The Hall–Kier alpha value is -3.94. The van der Waals surface area contributed by atoms with Crippen molar-refractivity contribution in [1.29, 1.82) is 0 Å². The van der Waals surface area contributed by atoms with Crippen LogP contribution in [0.4, 0.5) is 11.4 Å². The molecule has 2 N–H and O–H groups in total. The number of hydrogen-bond acceptors (Lipinski definition) is 6. The Balaban J connectivity index is 1.84. The van der Waals surface area contributed by atoms with Gasteiger partial charge in [0.15, 0.2) is 11.9 Å². The minimum absolute atomic E-state index is 0.0622. The van der Waals surface area contributed by atoms with Gasteiger partial charge in [0.05, 0.1) is 11.2 Å². The lowest BCUT2D eigenvalue weighted by molar-refractivity contribution is -0.384. The summed E-state index contributed by atoms with van der Waals surface area (Å²) in [4.78, 5) is 35.6. The van der Waals surface area contributed by atoms with Crippen molar-refractivity contribution in [2.24, 2.45) is 0 Å². The average Bonchev–Trinajstić information content (AvgIpc) is 3.23. The first-order valence-electron chi connectivity index (χ1n) is 8.40. The van der Waals surface area contributed by atoms with Crippen molar-refractivity contribution < 1.29 is 18.9 Å². The Bertz CT molecular complexity index is 980. The van der Waals surface area contributed by atoms with Crippen LogP contribution in [0.1, 0.15) is 26.5 Å². The van der Waals surface area contributed by atoms with E-state index < -0.39 is 17.0 Å². The highest BCUT2D eigenvalue weighted by Crippen LogP contribution is 2.17. The molecule has 0 spiro atoms. The minimum atomic E-state index is -1.10. The van der Waals surface area contributed by atoms with E-state index in [4.69, 9.17) is 4.42 Å². The lowest BCUT2D eigenvalue weighted by atomic mass is 10.1. The molecule has 0 saturated heterocycles. The maximum absolute atomic E-state index is 12.9. The number of amides is 1. The van der Waals surface area contributed by atoms with Gasteiger partial charge in [-0.2, -0.15) is 0 Å². The summed E-state index contributed by atoms with van der Waals surface area (Å²) in [5, 5.41) is 16.3. The zero-order chi connectivity index (χ0) is 20.1. The molecular formula is C20H17N3O5. The second kappa shape index (κ2) is 8.17. The molecule has 0 unspecified atom stereocenters. The van der Waals surface area contributed by atoms with Gasteiger partial charge in [0.1, 0.15) is 0 Å². The largest absolute Gasteiger partial charge is 0.459 e. The maximum Gasteiger partial charge on any atom is 0.288 e. The number of carbonyl (C=O) groups is 2. The molecule has 0 aliphatic carbocycles. The predicted octanol–water partition coefficient (Wildman–Crippen LogP) is 3.55. The van der Waals surface area contributed by atoms with Crippen molar-refractivity contribution in [2.75, 3.05) is 5.32 Å². The standard InChI is InChI=1S/C20H17N3O5/c1-13-4-6-14(7-5-13)18(24)19(22-20(25)17-3-2-12-28-17)21-15-8-10-16(11-9-15)23(26)27/h2-12,19,21H,1H3,(H,22,25)/t19-/m0/s1. The molecule has 0 bridgehead atoms. The molecule has 1 aromatic heterocycles. The van der Waals surface area contributed by atoms with Gasteiger partial charge in [-0.1, -0.05) is 29.8 Å². The third kappa shape index (κ3) is 4.42. The average molecular weight is 379 g/mol. The number of Topliss-reactive ketones (excluding diaryl/α,β-unsaturated/α-hetero) is 1. The fourth-order valence-corrected chi connectivity index (χ4v) is 2.51. The summed E-state index contributed by atoms with van der Waals surface area (Å²) < 4.78 is 5.06. The molecule has 0 aliphatic heterocycles. The van der Waals surface area contributed by atoms with Crippen LogP contribution >= 0.6 is 0 Å². The molecule has 142 valence electrons. The summed E-state index contributed by atoms with van der Waals surface area (Å²) in [6, 6.07) is 15.5. The van der Waals surface area contributed by atoms with E-state index >= 15 is 0 Å². The number of nitrogens with zero attached hydrogens (tertiary/aromatic N) is 1. The van der Waals surface area contributed by atoms with Crippen LogP contribution in [0.15, 0.2) is 71.3 Å². The molecule has 2 aromatic carbocycles. The van der Waals surface area contributed by atoms with E-state index in [0.717, 1.165) is 5.56 Å². The lowest BCUT2D eigenvalue weighted by Gasteiger charge is -2.20. The number of aryl methyl sites for hydroxylation is 1. The predicted molar refractivity (Wildman–Crippen MR) is 102 cm³/mol. The second-order valence-electron chi connectivity index (χ2n) is 6.06. The molecule has 1 amide bonds. The highest BCUT2D eigenvalue weighted by Gasteiger charge is 2.24. The van der Waals surface area contributed by atoms with Crippen LogP contribution in [0.3, 0.4) is 0 Å². The van der Waals surface area contributed by atoms with Gasteiger partial charge in [-0.3, -0.25) is 19.7 Å². The van der Waals surface area contributed by atoms with E-state index in [9.17, 15) is 19.7 Å². The fraction of sp³-hybridized carbons (Fsp3) is 0.100. The fourth-order valence-electron chi connectivity index (χ4n) is 2.51. The Morgan fingerprint density at radius 1 is 1.04 bits per heavy atom. The first kappa shape index (κ1) is 18.8. The molecule has 0 saturated carbocycles. The molecule has 8 heteroatoms. The quantitative estimate of drug-likeness (QED) is 0.281. The second-order valence-corrected chi connectivity index (χ2v) is 6.06. The number of ketones is 1. The van der Waals surface area contributed by atoms with Gasteiger partial charge in [0.2, 0.25) is 5.78 Å². The first-order chi connectivity index (χ1) is 13.4. The van der Waals surface area contributed by atoms with Crippen molar-refractivity contribution in [3.05, 3.63) is 93.9 Å².